The van der Waals surface area contributed by atoms with Crippen molar-refractivity contribution in [3.63, 3.8) is 0 Å². The summed E-state index contributed by atoms with van der Waals surface area (Å²) < 4.78 is 10.5. The molecule has 0 aromatic rings. The molecule has 4 unspecified atom stereocenters. The van der Waals surface area contributed by atoms with Crippen molar-refractivity contribution in [1.29, 1.82) is 0 Å². The van der Waals surface area contributed by atoms with Crippen LogP contribution in [-0.4, -0.2) is 54.5 Å². The average molecular weight is 206 g/mol. The van der Waals surface area contributed by atoms with Gasteiger partial charge in [-0.1, -0.05) is 0 Å². The van der Waals surface area contributed by atoms with Gasteiger partial charge >= 0.3 is 0 Å². The van der Waals surface area contributed by atoms with E-state index >= 15 is 0 Å². The van der Waals surface area contributed by atoms with Crippen LogP contribution in [0, 0.1) is 0 Å². The van der Waals surface area contributed by atoms with Crippen LogP contribution in [0.4, 0.5) is 0 Å². The van der Waals surface area contributed by atoms with Crippen LogP contribution in [-0.2, 0) is 9.47 Å². The van der Waals surface area contributed by atoms with Crippen molar-refractivity contribution in [2.24, 2.45) is 11.5 Å². The molecule has 4 atom stereocenters. The maximum atomic E-state index is 9.45. The van der Waals surface area contributed by atoms with E-state index in [0.717, 1.165) is 0 Å². The summed E-state index contributed by atoms with van der Waals surface area (Å²) in [7, 11) is 0. The van der Waals surface area contributed by atoms with E-state index < -0.39 is 24.6 Å². The second-order valence-corrected chi connectivity index (χ2v) is 3.29. The van der Waals surface area contributed by atoms with Crippen LogP contribution in [0.1, 0.15) is 6.42 Å². The maximum Gasteiger partial charge on any atom is 0.160 e. The molecule has 0 saturated carbocycles. The lowest BCUT2D eigenvalue weighted by Gasteiger charge is -2.36. The SMILES string of the molecule is NCCOC1CC(O)C(O)C(CN)O1. The van der Waals surface area contributed by atoms with Gasteiger partial charge in [0.25, 0.3) is 0 Å². The van der Waals surface area contributed by atoms with E-state index in [1.54, 1.807) is 0 Å². The van der Waals surface area contributed by atoms with Gasteiger partial charge in [-0.25, -0.2) is 0 Å². The minimum absolute atomic E-state index is 0.153. The molecule has 6 nitrogen and oxygen atoms in total. The maximum absolute atomic E-state index is 9.45. The van der Waals surface area contributed by atoms with Crippen LogP contribution in [0.25, 0.3) is 0 Å². The monoisotopic (exact) mass is 206 g/mol. The number of nitrogens with two attached hydrogens (primary N) is 2. The first-order chi connectivity index (χ1) is 6.69. The predicted molar refractivity (Wildman–Crippen MR) is 49.4 cm³/mol. The molecule has 0 aliphatic carbocycles. The van der Waals surface area contributed by atoms with E-state index in [2.05, 4.69) is 0 Å². The van der Waals surface area contributed by atoms with Crippen molar-refractivity contribution >= 4 is 0 Å². The van der Waals surface area contributed by atoms with E-state index in [9.17, 15) is 10.2 Å². The Morgan fingerprint density at radius 3 is 2.64 bits per heavy atom. The zero-order chi connectivity index (χ0) is 10.6. The van der Waals surface area contributed by atoms with E-state index in [0.29, 0.717) is 13.2 Å². The first-order valence-electron chi connectivity index (χ1n) is 4.72. The molecule has 84 valence electrons. The van der Waals surface area contributed by atoms with Crippen molar-refractivity contribution in [3.8, 4) is 0 Å². The topological polar surface area (TPSA) is 111 Å². The second-order valence-electron chi connectivity index (χ2n) is 3.29. The van der Waals surface area contributed by atoms with Crippen LogP contribution in [0.5, 0.6) is 0 Å². The molecule has 1 heterocycles. The summed E-state index contributed by atoms with van der Waals surface area (Å²) in [5.41, 5.74) is 10.6. The minimum atomic E-state index is -0.933. The molecular formula is C8H18N2O4. The zero-order valence-corrected chi connectivity index (χ0v) is 8.00. The van der Waals surface area contributed by atoms with E-state index in [1.165, 1.54) is 0 Å². The first kappa shape index (κ1) is 11.8. The van der Waals surface area contributed by atoms with Crippen molar-refractivity contribution in [2.45, 2.75) is 31.0 Å². The van der Waals surface area contributed by atoms with E-state index in [-0.39, 0.29) is 13.0 Å². The van der Waals surface area contributed by atoms with Gasteiger partial charge in [0.15, 0.2) is 6.29 Å². The molecule has 0 radical (unpaired) electrons. The lowest BCUT2D eigenvalue weighted by atomic mass is 10.0. The van der Waals surface area contributed by atoms with Gasteiger partial charge in [0, 0.05) is 19.5 Å². The number of aliphatic hydroxyl groups excluding tert-OH is 2. The third kappa shape index (κ3) is 2.88. The minimum Gasteiger partial charge on any atom is -0.390 e. The highest BCUT2D eigenvalue weighted by atomic mass is 16.7. The molecule has 1 saturated heterocycles. The van der Waals surface area contributed by atoms with Crippen LogP contribution >= 0.6 is 0 Å². The van der Waals surface area contributed by atoms with Crippen molar-refractivity contribution in [3.05, 3.63) is 0 Å². The van der Waals surface area contributed by atoms with Gasteiger partial charge in [0.1, 0.15) is 12.2 Å². The molecule has 1 rings (SSSR count). The summed E-state index contributed by atoms with van der Waals surface area (Å²) in [4.78, 5) is 0. The standard InChI is InChI=1S/C8H18N2O4/c9-1-2-13-7-3-5(11)8(12)6(4-10)14-7/h5-8,11-12H,1-4,9-10H2. The number of hydrogen-bond acceptors (Lipinski definition) is 6. The fourth-order valence-electron chi connectivity index (χ4n) is 1.42. The molecule has 0 spiro atoms. The molecular weight excluding hydrogens is 188 g/mol. The second kappa shape index (κ2) is 5.59. The zero-order valence-electron chi connectivity index (χ0n) is 8.00. The molecule has 1 fully saturated rings. The smallest absolute Gasteiger partial charge is 0.160 e. The molecule has 6 heteroatoms. The van der Waals surface area contributed by atoms with E-state index in [1.807, 2.05) is 0 Å². The van der Waals surface area contributed by atoms with Gasteiger partial charge in [-0.3, -0.25) is 0 Å². The first-order valence-corrected chi connectivity index (χ1v) is 4.72. The fourth-order valence-corrected chi connectivity index (χ4v) is 1.42. The highest BCUT2D eigenvalue weighted by Crippen LogP contribution is 2.20. The molecule has 0 bridgehead atoms. The lowest BCUT2D eigenvalue weighted by molar-refractivity contribution is -0.246. The third-order valence-electron chi connectivity index (χ3n) is 2.19. The Balaban J connectivity index is 2.41. The van der Waals surface area contributed by atoms with Crippen molar-refractivity contribution in [1.82, 2.24) is 0 Å². The molecule has 0 amide bonds. The summed E-state index contributed by atoms with van der Waals surface area (Å²) in [6, 6.07) is 0. The molecule has 0 aromatic heterocycles. The number of aliphatic hydroxyl groups is 2. The Morgan fingerprint density at radius 2 is 2.07 bits per heavy atom. The number of rotatable bonds is 4. The molecule has 1 aliphatic heterocycles. The van der Waals surface area contributed by atoms with Crippen LogP contribution < -0.4 is 11.5 Å². The van der Waals surface area contributed by atoms with Gasteiger partial charge in [-0.15, -0.1) is 0 Å². The Hall–Kier alpha value is -0.240. The Labute approximate surface area is 82.8 Å². The largest absolute Gasteiger partial charge is 0.390 e. The van der Waals surface area contributed by atoms with Crippen molar-refractivity contribution < 1.29 is 19.7 Å². The molecule has 6 N–H and O–H groups in total. The van der Waals surface area contributed by atoms with Crippen LogP contribution in [0.15, 0.2) is 0 Å². The van der Waals surface area contributed by atoms with E-state index in [4.69, 9.17) is 20.9 Å². The highest BCUT2D eigenvalue weighted by Gasteiger charge is 2.36. The summed E-state index contributed by atoms with van der Waals surface area (Å²) in [5.74, 6) is 0. The normalized spacial score (nSPS) is 38.6. The van der Waals surface area contributed by atoms with Gasteiger partial charge in [-0.2, -0.15) is 0 Å². The Kier molecular flexibility index (Phi) is 4.73. The summed E-state index contributed by atoms with van der Waals surface area (Å²) in [6.45, 7) is 0.914. The summed E-state index contributed by atoms with van der Waals surface area (Å²) >= 11 is 0. The van der Waals surface area contributed by atoms with Gasteiger partial charge in [0.2, 0.25) is 0 Å². The third-order valence-corrected chi connectivity index (χ3v) is 2.19. The quantitative estimate of drug-likeness (QED) is 0.414. The van der Waals surface area contributed by atoms with Crippen molar-refractivity contribution in [2.75, 3.05) is 19.7 Å². The molecule has 0 aromatic carbocycles. The average Bonchev–Trinajstić information content (AvgIpc) is 2.19. The Bertz CT molecular complexity index is 169. The number of ether oxygens (including phenoxy) is 2. The molecule has 14 heavy (non-hydrogen) atoms. The van der Waals surface area contributed by atoms with Gasteiger partial charge < -0.3 is 31.2 Å². The van der Waals surface area contributed by atoms with Gasteiger partial charge in [0.05, 0.1) is 12.7 Å². The number of hydrogen-bond donors (Lipinski definition) is 4. The Morgan fingerprint density at radius 1 is 1.36 bits per heavy atom. The highest BCUT2D eigenvalue weighted by molar-refractivity contribution is 4.83. The van der Waals surface area contributed by atoms with Crippen LogP contribution in [0.2, 0.25) is 0 Å². The molecule has 1 aliphatic rings. The van der Waals surface area contributed by atoms with Crippen LogP contribution in [0.3, 0.4) is 0 Å². The predicted octanol–water partition coefficient (Wildman–Crippen LogP) is -2.24. The summed E-state index contributed by atoms with van der Waals surface area (Å²) in [6.07, 6.45) is -2.62. The summed E-state index contributed by atoms with van der Waals surface area (Å²) in [5, 5.41) is 18.9. The fraction of sp³-hybridized carbons (Fsp3) is 1.00. The van der Waals surface area contributed by atoms with Gasteiger partial charge in [-0.05, 0) is 0 Å². The lowest BCUT2D eigenvalue weighted by Crippen LogP contribution is -2.52.